The van der Waals surface area contributed by atoms with Gasteiger partial charge in [-0.3, -0.25) is 20.2 Å². The van der Waals surface area contributed by atoms with Gasteiger partial charge in [0, 0.05) is 31.5 Å². The highest BCUT2D eigenvalue weighted by atomic mass is 16.6. The van der Waals surface area contributed by atoms with Crippen molar-refractivity contribution in [3.8, 4) is 0 Å². The van der Waals surface area contributed by atoms with Gasteiger partial charge in [-0.05, 0) is 18.6 Å². The minimum absolute atomic E-state index is 0.247. The summed E-state index contributed by atoms with van der Waals surface area (Å²) in [6, 6.07) is 5.22. The van der Waals surface area contributed by atoms with Crippen molar-refractivity contribution >= 4 is 23.0 Å². The van der Waals surface area contributed by atoms with E-state index in [4.69, 9.17) is 0 Å². The molecule has 10 nitrogen and oxygen atoms in total. The summed E-state index contributed by atoms with van der Waals surface area (Å²) in [6.07, 6.45) is 3.90. The Morgan fingerprint density at radius 1 is 1.00 bits per heavy atom. The van der Waals surface area contributed by atoms with Crippen molar-refractivity contribution in [3.05, 3.63) is 56.9 Å². The zero-order valence-electron chi connectivity index (χ0n) is 12.0. The second-order valence-electron chi connectivity index (χ2n) is 4.50. The van der Waals surface area contributed by atoms with Crippen LogP contribution in [0.3, 0.4) is 0 Å². The van der Waals surface area contributed by atoms with Gasteiger partial charge in [-0.15, -0.1) is 0 Å². The van der Waals surface area contributed by atoms with E-state index in [9.17, 15) is 20.2 Å². The van der Waals surface area contributed by atoms with Gasteiger partial charge in [0.2, 0.25) is 5.95 Å². The van der Waals surface area contributed by atoms with Crippen molar-refractivity contribution < 1.29 is 9.85 Å². The van der Waals surface area contributed by atoms with Crippen LogP contribution in [0.5, 0.6) is 0 Å². The summed E-state index contributed by atoms with van der Waals surface area (Å²) in [5.74, 6) is 0.508. The number of hydrogen-bond acceptors (Lipinski definition) is 8. The molecule has 0 aliphatic heterocycles. The molecule has 2 aromatic rings. The van der Waals surface area contributed by atoms with Gasteiger partial charge in [0.25, 0.3) is 11.4 Å². The van der Waals surface area contributed by atoms with Gasteiger partial charge < -0.3 is 10.6 Å². The first-order valence-corrected chi connectivity index (χ1v) is 6.75. The van der Waals surface area contributed by atoms with E-state index in [1.807, 2.05) is 0 Å². The fourth-order valence-corrected chi connectivity index (χ4v) is 1.84. The molecule has 0 radical (unpaired) electrons. The Morgan fingerprint density at radius 2 is 1.70 bits per heavy atom. The summed E-state index contributed by atoms with van der Waals surface area (Å²) < 4.78 is 0. The molecule has 23 heavy (non-hydrogen) atoms. The smallest absolute Gasteiger partial charge is 0.299 e. The zero-order chi connectivity index (χ0) is 16.7. The Labute approximate surface area is 130 Å². The standard InChI is InChI=1S/C13H14N6O4/c20-18(21)10-3-4-11(12(9-10)19(22)23)14-5-1-6-15-13-16-7-2-8-17-13/h2-4,7-9,14H,1,5-6H2,(H,15,16,17). The molecule has 0 saturated heterocycles. The normalized spacial score (nSPS) is 10.1. The number of nitrogens with one attached hydrogen (secondary N) is 2. The lowest BCUT2D eigenvalue weighted by molar-refractivity contribution is -0.393. The van der Waals surface area contributed by atoms with Crippen molar-refractivity contribution in [2.75, 3.05) is 23.7 Å². The number of rotatable bonds is 8. The molecule has 1 aromatic carbocycles. The lowest BCUT2D eigenvalue weighted by Crippen LogP contribution is -2.11. The molecule has 0 bridgehead atoms. The van der Waals surface area contributed by atoms with Gasteiger partial charge in [-0.25, -0.2) is 9.97 Å². The maximum absolute atomic E-state index is 11.0. The Balaban J connectivity index is 1.87. The summed E-state index contributed by atoms with van der Waals surface area (Å²) in [4.78, 5) is 28.3. The molecule has 1 heterocycles. The van der Waals surface area contributed by atoms with Crippen LogP contribution in [-0.2, 0) is 0 Å². The molecule has 10 heteroatoms. The number of benzene rings is 1. The molecule has 0 spiro atoms. The third-order valence-electron chi connectivity index (χ3n) is 2.91. The molecule has 2 N–H and O–H groups in total. The Hall–Kier alpha value is -3.30. The van der Waals surface area contributed by atoms with Crippen molar-refractivity contribution in [2.24, 2.45) is 0 Å². The van der Waals surface area contributed by atoms with E-state index in [2.05, 4.69) is 20.6 Å². The molecule has 0 aliphatic carbocycles. The molecule has 120 valence electrons. The average molecular weight is 318 g/mol. The Bertz CT molecular complexity index is 694. The summed E-state index contributed by atoms with van der Waals surface area (Å²) >= 11 is 0. The van der Waals surface area contributed by atoms with E-state index in [0.717, 1.165) is 6.07 Å². The average Bonchev–Trinajstić information content (AvgIpc) is 2.55. The Morgan fingerprint density at radius 3 is 2.35 bits per heavy atom. The van der Waals surface area contributed by atoms with Gasteiger partial charge in [-0.1, -0.05) is 0 Å². The van der Waals surface area contributed by atoms with Crippen LogP contribution in [0.25, 0.3) is 0 Å². The summed E-state index contributed by atoms with van der Waals surface area (Å²) in [6.45, 7) is 1.04. The van der Waals surface area contributed by atoms with E-state index >= 15 is 0 Å². The lowest BCUT2D eigenvalue weighted by Gasteiger charge is -2.07. The topological polar surface area (TPSA) is 136 Å². The van der Waals surface area contributed by atoms with Crippen molar-refractivity contribution in [2.45, 2.75) is 6.42 Å². The number of aromatic nitrogens is 2. The second-order valence-corrected chi connectivity index (χ2v) is 4.50. The van der Waals surface area contributed by atoms with Gasteiger partial charge >= 0.3 is 0 Å². The van der Waals surface area contributed by atoms with Crippen molar-refractivity contribution in [3.63, 3.8) is 0 Å². The lowest BCUT2D eigenvalue weighted by atomic mass is 10.2. The van der Waals surface area contributed by atoms with E-state index in [1.165, 1.54) is 12.1 Å². The van der Waals surface area contributed by atoms with Crippen LogP contribution in [-0.4, -0.2) is 32.9 Å². The summed E-state index contributed by atoms with van der Waals surface area (Å²) in [5.41, 5.74) is -0.389. The number of non-ortho nitro benzene ring substituents is 1. The molecule has 0 unspecified atom stereocenters. The van der Waals surface area contributed by atoms with Crippen LogP contribution in [0, 0.1) is 20.2 Å². The molecule has 0 fully saturated rings. The van der Waals surface area contributed by atoms with E-state index < -0.39 is 9.85 Å². The SMILES string of the molecule is O=[N+]([O-])c1ccc(NCCCNc2ncccn2)c([N+](=O)[O-])c1. The zero-order valence-corrected chi connectivity index (χ0v) is 12.0. The van der Waals surface area contributed by atoms with Crippen LogP contribution >= 0.6 is 0 Å². The maximum atomic E-state index is 11.0. The number of hydrogen-bond donors (Lipinski definition) is 2. The number of anilines is 2. The van der Waals surface area contributed by atoms with Crippen LogP contribution < -0.4 is 10.6 Å². The molecule has 0 amide bonds. The van der Waals surface area contributed by atoms with Gasteiger partial charge in [0.05, 0.1) is 15.9 Å². The first kappa shape index (κ1) is 16.1. The van der Waals surface area contributed by atoms with Crippen molar-refractivity contribution in [1.82, 2.24) is 9.97 Å². The molecule has 2 rings (SSSR count). The van der Waals surface area contributed by atoms with Gasteiger partial charge in [-0.2, -0.15) is 0 Å². The Kier molecular flexibility index (Phi) is 5.34. The maximum Gasteiger partial charge on any atom is 0.299 e. The van der Waals surface area contributed by atoms with Crippen molar-refractivity contribution in [1.29, 1.82) is 0 Å². The number of nitrogens with zero attached hydrogens (tertiary/aromatic N) is 4. The second kappa shape index (κ2) is 7.64. The van der Waals surface area contributed by atoms with E-state index in [0.29, 0.717) is 25.5 Å². The van der Waals surface area contributed by atoms with Gasteiger partial charge in [0.15, 0.2) is 0 Å². The number of nitro benzene ring substituents is 2. The van der Waals surface area contributed by atoms with E-state index in [1.54, 1.807) is 18.5 Å². The highest BCUT2D eigenvalue weighted by Gasteiger charge is 2.18. The largest absolute Gasteiger partial charge is 0.379 e. The fraction of sp³-hybridized carbons (Fsp3) is 0.231. The quantitative estimate of drug-likeness (QED) is 0.429. The minimum atomic E-state index is -0.666. The first-order chi connectivity index (χ1) is 11.1. The van der Waals surface area contributed by atoms with Gasteiger partial charge in [0.1, 0.15) is 5.69 Å². The summed E-state index contributed by atoms with van der Waals surface area (Å²) in [7, 11) is 0. The number of nitro groups is 2. The third kappa shape index (κ3) is 4.59. The highest BCUT2D eigenvalue weighted by Crippen LogP contribution is 2.28. The van der Waals surface area contributed by atoms with E-state index in [-0.39, 0.29) is 17.1 Å². The molecular formula is C13H14N6O4. The molecule has 0 saturated carbocycles. The van der Waals surface area contributed by atoms with Crippen LogP contribution in [0.15, 0.2) is 36.7 Å². The molecule has 1 aromatic heterocycles. The van der Waals surface area contributed by atoms with Crippen LogP contribution in [0.4, 0.5) is 23.0 Å². The molecule has 0 aliphatic rings. The molecule has 0 atom stereocenters. The van der Waals surface area contributed by atoms with Crippen LogP contribution in [0.2, 0.25) is 0 Å². The minimum Gasteiger partial charge on any atom is -0.379 e. The molecular weight excluding hydrogens is 304 g/mol. The predicted molar refractivity (Wildman–Crippen MR) is 83.4 cm³/mol. The predicted octanol–water partition coefficient (Wildman–Crippen LogP) is 2.21. The third-order valence-corrected chi connectivity index (χ3v) is 2.91. The van der Waals surface area contributed by atoms with Crippen LogP contribution in [0.1, 0.15) is 6.42 Å². The fourth-order valence-electron chi connectivity index (χ4n) is 1.84. The first-order valence-electron chi connectivity index (χ1n) is 6.75. The highest BCUT2D eigenvalue weighted by molar-refractivity contribution is 5.65. The summed E-state index contributed by atoms with van der Waals surface area (Å²) in [5, 5.41) is 27.6. The monoisotopic (exact) mass is 318 g/mol.